The summed E-state index contributed by atoms with van der Waals surface area (Å²) in [4.78, 5) is 33.3. The van der Waals surface area contributed by atoms with Gasteiger partial charge in [0.05, 0.1) is 0 Å². The molecule has 2 aromatic heterocycles. The normalized spacial score (nSPS) is 16.8. The summed E-state index contributed by atoms with van der Waals surface area (Å²) in [5.41, 5.74) is 3.57. The molecule has 1 aliphatic rings. The number of aryl methyl sites for hydroxylation is 1. The van der Waals surface area contributed by atoms with E-state index in [4.69, 9.17) is 0 Å². The van der Waals surface area contributed by atoms with Gasteiger partial charge in [0.25, 0.3) is 0 Å². The van der Waals surface area contributed by atoms with Gasteiger partial charge in [-0.3, -0.25) is 9.59 Å². The molecule has 0 saturated carbocycles. The van der Waals surface area contributed by atoms with Crippen LogP contribution in [0.4, 0.5) is 5.69 Å². The minimum atomic E-state index is -0.443. The molecule has 6 nitrogen and oxygen atoms in total. The Balaban J connectivity index is 1.56. The minimum Gasteiger partial charge on any atom is -0.344 e. The van der Waals surface area contributed by atoms with E-state index in [-0.39, 0.29) is 11.8 Å². The molecule has 1 saturated heterocycles. The second kappa shape index (κ2) is 6.25. The number of rotatable bonds is 3. The summed E-state index contributed by atoms with van der Waals surface area (Å²) in [6.45, 7) is 1.94. The van der Waals surface area contributed by atoms with Gasteiger partial charge in [-0.2, -0.15) is 0 Å². The Kier molecular flexibility index (Phi) is 3.93. The van der Waals surface area contributed by atoms with Crippen molar-refractivity contribution < 1.29 is 9.59 Å². The minimum absolute atomic E-state index is 0.0725. The molecular formula is C18H16N4O2S. The summed E-state index contributed by atoms with van der Waals surface area (Å²) >= 11 is 1.54. The van der Waals surface area contributed by atoms with Crippen molar-refractivity contribution in [2.45, 2.75) is 25.8 Å². The molecule has 126 valence electrons. The molecule has 1 aliphatic heterocycles. The number of anilines is 1. The lowest BCUT2D eigenvalue weighted by Gasteiger charge is -2.13. The maximum Gasteiger partial charge on any atom is 0.246 e. The molecule has 7 heteroatoms. The molecule has 4 rings (SSSR count). The molecule has 0 spiro atoms. The Bertz CT molecular complexity index is 949. The number of carbonyl (C=O) groups is 2. The van der Waals surface area contributed by atoms with Gasteiger partial charge in [0.2, 0.25) is 11.8 Å². The summed E-state index contributed by atoms with van der Waals surface area (Å²) < 4.78 is 0. The van der Waals surface area contributed by atoms with Crippen molar-refractivity contribution in [3.8, 4) is 10.6 Å². The van der Waals surface area contributed by atoms with Crippen LogP contribution in [0.25, 0.3) is 20.9 Å². The van der Waals surface area contributed by atoms with Gasteiger partial charge in [0.1, 0.15) is 21.4 Å². The number of hydrogen-bond donors (Lipinski definition) is 2. The summed E-state index contributed by atoms with van der Waals surface area (Å²) in [7, 11) is 0. The number of benzene rings is 1. The first kappa shape index (κ1) is 15.7. The zero-order chi connectivity index (χ0) is 17.4. The van der Waals surface area contributed by atoms with Crippen LogP contribution in [0.1, 0.15) is 18.4 Å². The highest BCUT2D eigenvalue weighted by Gasteiger charge is 2.27. The van der Waals surface area contributed by atoms with Gasteiger partial charge in [-0.15, -0.1) is 0 Å². The molecule has 0 bridgehead atoms. The van der Waals surface area contributed by atoms with Crippen LogP contribution in [0.15, 0.2) is 36.5 Å². The number of nitrogens with one attached hydrogen (secondary N) is 2. The lowest BCUT2D eigenvalue weighted by Crippen LogP contribution is -2.37. The lowest BCUT2D eigenvalue weighted by atomic mass is 10.1. The molecule has 1 fully saturated rings. The van der Waals surface area contributed by atoms with Crippen molar-refractivity contribution in [2.75, 3.05) is 5.32 Å². The fourth-order valence-electron chi connectivity index (χ4n) is 2.86. The predicted molar refractivity (Wildman–Crippen MR) is 97.4 cm³/mol. The molecule has 1 atom stereocenters. The third-order valence-electron chi connectivity index (χ3n) is 4.21. The van der Waals surface area contributed by atoms with Gasteiger partial charge < -0.3 is 10.6 Å². The number of nitrogens with zero attached hydrogens (tertiary/aromatic N) is 2. The van der Waals surface area contributed by atoms with Crippen LogP contribution in [0.5, 0.6) is 0 Å². The monoisotopic (exact) mass is 352 g/mol. The van der Waals surface area contributed by atoms with E-state index in [1.54, 1.807) is 17.5 Å². The van der Waals surface area contributed by atoms with E-state index in [0.717, 1.165) is 32.2 Å². The second-order valence-electron chi connectivity index (χ2n) is 6.02. The van der Waals surface area contributed by atoms with Crippen molar-refractivity contribution in [2.24, 2.45) is 0 Å². The standard InChI is InChI=1S/C18H16N4O2S/c1-10-9-11(17-22-14-3-2-8-19-18(14)25-17)4-5-12(10)21-16(24)13-6-7-15(23)20-13/h2-5,8-9,13H,6-7H2,1H3,(H,20,23)(H,21,24). The van der Waals surface area contributed by atoms with E-state index in [1.165, 1.54) is 0 Å². The van der Waals surface area contributed by atoms with Gasteiger partial charge in [-0.1, -0.05) is 11.3 Å². The van der Waals surface area contributed by atoms with Crippen molar-refractivity contribution in [3.05, 3.63) is 42.1 Å². The fourth-order valence-corrected chi connectivity index (χ4v) is 3.76. The Morgan fingerprint density at radius 1 is 1.36 bits per heavy atom. The Morgan fingerprint density at radius 3 is 2.96 bits per heavy atom. The van der Waals surface area contributed by atoms with Crippen molar-refractivity contribution in [1.82, 2.24) is 15.3 Å². The van der Waals surface area contributed by atoms with Gasteiger partial charge in [0.15, 0.2) is 0 Å². The molecule has 0 radical (unpaired) electrons. The molecular weight excluding hydrogens is 336 g/mol. The highest BCUT2D eigenvalue weighted by molar-refractivity contribution is 7.21. The molecule has 1 aromatic carbocycles. The number of hydrogen-bond acceptors (Lipinski definition) is 5. The van der Waals surface area contributed by atoms with Crippen LogP contribution in [0, 0.1) is 6.92 Å². The molecule has 3 aromatic rings. The Hall–Kier alpha value is -2.80. The van der Waals surface area contributed by atoms with Crippen LogP contribution in [-0.4, -0.2) is 27.8 Å². The van der Waals surface area contributed by atoms with E-state index in [2.05, 4.69) is 20.6 Å². The predicted octanol–water partition coefficient (Wildman–Crippen LogP) is 2.88. The maximum absolute atomic E-state index is 12.2. The summed E-state index contributed by atoms with van der Waals surface area (Å²) in [5.74, 6) is -0.248. The van der Waals surface area contributed by atoms with Crippen LogP contribution < -0.4 is 10.6 Å². The number of thiazole rings is 1. The molecule has 3 heterocycles. The highest BCUT2D eigenvalue weighted by atomic mass is 32.1. The maximum atomic E-state index is 12.2. The third kappa shape index (κ3) is 3.10. The Morgan fingerprint density at radius 2 is 2.24 bits per heavy atom. The molecule has 0 aliphatic carbocycles. The van der Waals surface area contributed by atoms with E-state index in [1.807, 2.05) is 37.3 Å². The molecule has 25 heavy (non-hydrogen) atoms. The number of amides is 2. The number of pyridine rings is 1. The first-order valence-corrected chi connectivity index (χ1v) is 8.84. The second-order valence-corrected chi connectivity index (χ2v) is 7.00. The SMILES string of the molecule is Cc1cc(-c2nc3cccnc3s2)ccc1NC(=O)C1CCC(=O)N1. The van der Waals surface area contributed by atoms with Gasteiger partial charge in [0, 0.05) is 23.9 Å². The highest BCUT2D eigenvalue weighted by Crippen LogP contribution is 2.31. The topological polar surface area (TPSA) is 84.0 Å². The molecule has 2 amide bonds. The molecule has 2 N–H and O–H groups in total. The summed E-state index contributed by atoms with van der Waals surface area (Å²) in [6, 6.07) is 9.19. The zero-order valence-corrected chi connectivity index (χ0v) is 14.4. The quantitative estimate of drug-likeness (QED) is 0.759. The number of aromatic nitrogens is 2. The summed E-state index contributed by atoms with van der Waals surface area (Å²) in [5, 5.41) is 6.47. The van der Waals surface area contributed by atoms with Crippen molar-refractivity contribution in [3.63, 3.8) is 0 Å². The smallest absolute Gasteiger partial charge is 0.246 e. The van der Waals surface area contributed by atoms with Gasteiger partial charge >= 0.3 is 0 Å². The van der Waals surface area contributed by atoms with E-state index in [0.29, 0.717) is 12.8 Å². The van der Waals surface area contributed by atoms with Gasteiger partial charge in [-0.05, 0) is 49.2 Å². The number of carbonyl (C=O) groups excluding carboxylic acids is 2. The van der Waals surface area contributed by atoms with Crippen LogP contribution in [0.2, 0.25) is 0 Å². The zero-order valence-electron chi connectivity index (χ0n) is 13.6. The average Bonchev–Trinajstić information content (AvgIpc) is 3.22. The van der Waals surface area contributed by atoms with Crippen molar-refractivity contribution in [1.29, 1.82) is 0 Å². The van der Waals surface area contributed by atoms with Crippen LogP contribution in [0.3, 0.4) is 0 Å². The van der Waals surface area contributed by atoms with Gasteiger partial charge in [-0.25, -0.2) is 9.97 Å². The van der Waals surface area contributed by atoms with Crippen LogP contribution in [-0.2, 0) is 9.59 Å². The third-order valence-corrected chi connectivity index (χ3v) is 5.24. The fraction of sp³-hybridized carbons (Fsp3) is 0.222. The van der Waals surface area contributed by atoms with Crippen LogP contribution >= 0.6 is 11.3 Å². The average molecular weight is 352 g/mol. The van der Waals surface area contributed by atoms with E-state index >= 15 is 0 Å². The first-order valence-electron chi connectivity index (χ1n) is 8.03. The summed E-state index contributed by atoms with van der Waals surface area (Å²) in [6.07, 6.45) is 2.71. The molecule has 1 unspecified atom stereocenters. The van der Waals surface area contributed by atoms with E-state index in [9.17, 15) is 9.59 Å². The lowest BCUT2D eigenvalue weighted by molar-refractivity contribution is -0.122. The van der Waals surface area contributed by atoms with E-state index < -0.39 is 6.04 Å². The largest absolute Gasteiger partial charge is 0.344 e. The van der Waals surface area contributed by atoms with Crippen molar-refractivity contribution >= 4 is 39.2 Å². The number of fused-ring (bicyclic) bond motifs is 1. The first-order chi connectivity index (χ1) is 12.1. The Labute approximate surface area is 148 Å².